The molecule has 1 aliphatic heterocycles. The van der Waals surface area contributed by atoms with E-state index in [0.717, 1.165) is 18.1 Å². The molecule has 1 saturated heterocycles. The van der Waals surface area contributed by atoms with Crippen LogP contribution in [0.1, 0.15) is 51.0 Å². The van der Waals surface area contributed by atoms with E-state index < -0.39 is 0 Å². The maximum atomic E-state index is 12.6. The van der Waals surface area contributed by atoms with Crippen LogP contribution in [-0.2, 0) is 0 Å². The quantitative estimate of drug-likeness (QED) is 0.711. The van der Waals surface area contributed by atoms with E-state index in [2.05, 4.69) is 30.2 Å². The number of thiophene rings is 1. The maximum absolute atomic E-state index is 12.6. The number of anilines is 1. The molecular formula is C21H24N3O2S+. The van der Waals surface area contributed by atoms with Gasteiger partial charge in [0.2, 0.25) is 0 Å². The van der Waals surface area contributed by atoms with Gasteiger partial charge in [-0.25, -0.2) is 0 Å². The summed E-state index contributed by atoms with van der Waals surface area (Å²) >= 11 is 1.64. The highest BCUT2D eigenvalue weighted by atomic mass is 32.1. The summed E-state index contributed by atoms with van der Waals surface area (Å²) in [5.74, 6) is 0.125. The molecule has 6 heteroatoms. The molecule has 0 saturated carbocycles. The van der Waals surface area contributed by atoms with E-state index in [1.165, 1.54) is 45.6 Å². The number of furan rings is 1. The minimum atomic E-state index is -0.205. The summed E-state index contributed by atoms with van der Waals surface area (Å²) in [4.78, 5) is 19.7. The Bertz CT molecular complexity index is 913. The molecule has 0 radical (unpaired) electrons. The van der Waals surface area contributed by atoms with Crippen molar-refractivity contribution in [3.8, 4) is 0 Å². The van der Waals surface area contributed by atoms with Gasteiger partial charge in [0, 0.05) is 35.7 Å². The van der Waals surface area contributed by atoms with Gasteiger partial charge in [0.1, 0.15) is 11.0 Å². The standard InChI is InChI=1S/C21H23N3O2S/c1-14-15(2)27-21(23-20(25)17-8-6-12-26-17)18(14)19(24-10-3-4-11-24)16-7-5-9-22-13-16/h5-9,12-13,19H,3-4,10-11H2,1-2H3,(H,23,25)/p+1. The first-order valence-corrected chi connectivity index (χ1v) is 10.2. The predicted octanol–water partition coefficient (Wildman–Crippen LogP) is 3.37. The molecule has 1 unspecified atom stereocenters. The summed E-state index contributed by atoms with van der Waals surface area (Å²) in [6, 6.07) is 7.74. The Balaban J connectivity index is 1.76. The summed E-state index contributed by atoms with van der Waals surface area (Å²) in [5, 5.41) is 4.02. The summed E-state index contributed by atoms with van der Waals surface area (Å²) in [6.07, 6.45) is 7.77. The summed E-state index contributed by atoms with van der Waals surface area (Å²) in [7, 11) is 0. The van der Waals surface area contributed by atoms with Crippen LogP contribution >= 0.6 is 11.3 Å². The molecule has 1 fully saturated rings. The Morgan fingerprint density at radius 3 is 2.74 bits per heavy atom. The van der Waals surface area contributed by atoms with E-state index >= 15 is 0 Å². The van der Waals surface area contributed by atoms with Crippen LogP contribution in [0.4, 0.5) is 5.00 Å². The molecule has 27 heavy (non-hydrogen) atoms. The van der Waals surface area contributed by atoms with E-state index in [1.54, 1.807) is 23.5 Å². The van der Waals surface area contributed by atoms with Gasteiger partial charge < -0.3 is 14.6 Å². The predicted molar refractivity (Wildman–Crippen MR) is 106 cm³/mol. The fourth-order valence-corrected chi connectivity index (χ4v) is 5.02. The first-order valence-electron chi connectivity index (χ1n) is 9.34. The minimum absolute atomic E-state index is 0.179. The Labute approximate surface area is 163 Å². The van der Waals surface area contributed by atoms with Crippen molar-refractivity contribution in [1.29, 1.82) is 0 Å². The Morgan fingerprint density at radius 2 is 2.07 bits per heavy atom. The van der Waals surface area contributed by atoms with Gasteiger partial charge in [-0.05, 0) is 43.7 Å². The largest absolute Gasteiger partial charge is 0.459 e. The number of nitrogens with one attached hydrogen (secondary N) is 2. The van der Waals surface area contributed by atoms with Crippen LogP contribution in [0.3, 0.4) is 0 Å². The lowest BCUT2D eigenvalue weighted by atomic mass is 9.96. The maximum Gasteiger partial charge on any atom is 0.291 e. The highest BCUT2D eigenvalue weighted by molar-refractivity contribution is 7.16. The zero-order chi connectivity index (χ0) is 18.8. The number of rotatable bonds is 5. The van der Waals surface area contributed by atoms with Gasteiger partial charge in [-0.1, -0.05) is 0 Å². The van der Waals surface area contributed by atoms with Crippen LogP contribution in [0.2, 0.25) is 0 Å². The van der Waals surface area contributed by atoms with Gasteiger partial charge in [-0.15, -0.1) is 11.3 Å². The molecule has 1 aliphatic rings. The lowest BCUT2D eigenvalue weighted by molar-refractivity contribution is -0.913. The van der Waals surface area contributed by atoms with Gasteiger partial charge in [0.25, 0.3) is 5.91 Å². The summed E-state index contributed by atoms with van der Waals surface area (Å²) in [6.45, 7) is 6.55. The third-order valence-corrected chi connectivity index (χ3v) is 6.50. The number of aromatic nitrogens is 1. The van der Waals surface area contributed by atoms with Crippen molar-refractivity contribution in [2.24, 2.45) is 0 Å². The second-order valence-corrected chi connectivity index (χ2v) is 8.27. The topological polar surface area (TPSA) is 59.6 Å². The molecule has 2 N–H and O–H groups in total. The van der Waals surface area contributed by atoms with Gasteiger partial charge in [0.05, 0.1) is 24.9 Å². The van der Waals surface area contributed by atoms with Crippen LogP contribution < -0.4 is 10.2 Å². The number of hydrogen-bond donors (Lipinski definition) is 2. The number of pyridine rings is 1. The zero-order valence-electron chi connectivity index (χ0n) is 15.6. The van der Waals surface area contributed by atoms with Crippen molar-refractivity contribution in [3.05, 3.63) is 70.3 Å². The molecule has 3 aromatic heterocycles. The van der Waals surface area contributed by atoms with Crippen LogP contribution in [0.15, 0.2) is 47.3 Å². The number of aryl methyl sites for hydroxylation is 1. The third-order valence-electron chi connectivity index (χ3n) is 5.36. The van der Waals surface area contributed by atoms with Gasteiger partial charge in [0.15, 0.2) is 5.76 Å². The second kappa shape index (κ2) is 7.66. The van der Waals surface area contributed by atoms with Crippen molar-refractivity contribution in [2.45, 2.75) is 32.7 Å². The average molecular weight is 383 g/mol. The molecule has 3 aromatic rings. The van der Waals surface area contributed by atoms with Crippen molar-refractivity contribution in [2.75, 3.05) is 18.4 Å². The molecule has 0 bridgehead atoms. The molecular weight excluding hydrogens is 358 g/mol. The van der Waals surface area contributed by atoms with Gasteiger partial charge >= 0.3 is 0 Å². The van der Waals surface area contributed by atoms with E-state index in [9.17, 15) is 4.79 Å². The number of quaternary nitrogens is 1. The van der Waals surface area contributed by atoms with E-state index in [4.69, 9.17) is 4.42 Å². The number of likely N-dealkylation sites (tertiary alicyclic amines) is 1. The van der Waals surface area contributed by atoms with Gasteiger partial charge in [-0.3, -0.25) is 9.78 Å². The van der Waals surface area contributed by atoms with E-state index in [0.29, 0.717) is 5.76 Å². The van der Waals surface area contributed by atoms with Crippen LogP contribution in [-0.4, -0.2) is 24.0 Å². The minimum Gasteiger partial charge on any atom is -0.459 e. The smallest absolute Gasteiger partial charge is 0.291 e. The number of nitrogens with zero attached hydrogens (tertiary/aromatic N) is 1. The lowest BCUT2D eigenvalue weighted by Crippen LogP contribution is -3.10. The highest BCUT2D eigenvalue weighted by Crippen LogP contribution is 2.38. The molecule has 1 atom stereocenters. The fourth-order valence-electron chi connectivity index (χ4n) is 3.93. The van der Waals surface area contributed by atoms with Crippen molar-refractivity contribution in [3.63, 3.8) is 0 Å². The first kappa shape index (κ1) is 17.9. The van der Waals surface area contributed by atoms with Crippen LogP contribution in [0, 0.1) is 13.8 Å². The SMILES string of the molecule is Cc1sc(NC(=O)c2ccco2)c(C(c2cccnc2)[NH+]2CCCC2)c1C. The molecule has 0 spiro atoms. The van der Waals surface area contributed by atoms with Gasteiger partial charge in [-0.2, -0.15) is 0 Å². The number of carbonyl (C=O) groups excluding carboxylic acids is 1. The van der Waals surface area contributed by atoms with Crippen molar-refractivity contribution >= 4 is 22.2 Å². The molecule has 5 nitrogen and oxygen atoms in total. The lowest BCUT2D eigenvalue weighted by Gasteiger charge is -2.26. The highest BCUT2D eigenvalue weighted by Gasteiger charge is 2.34. The summed E-state index contributed by atoms with van der Waals surface area (Å²) < 4.78 is 5.27. The van der Waals surface area contributed by atoms with Crippen molar-refractivity contribution < 1.29 is 14.1 Å². The van der Waals surface area contributed by atoms with Crippen LogP contribution in [0.25, 0.3) is 0 Å². The Kier molecular flexibility index (Phi) is 5.09. The third kappa shape index (κ3) is 3.55. The average Bonchev–Trinajstić information content (AvgIpc) is 3.42. The molecule has 4 rings (SSSR count). The van der Waals surface area contributed by atoms with Crippen LogP contribution in [0.5, 0.6) is 0 Å². The number of carbonyl (C=O) groups is 1. The number of amides is 1. The second-order valence-electron chi connectivity index (χ2n) is 7.04. The molecule has 1 amide bonds. The van der Waals surface area contributed by atoms with Crippen molar-refractivity contribution in [1.82, 2.24) is 4.98 Å². The molecule has 0 aromatic carbocycles. The molecule has 4 heterocycles. The number of hydrogen-bond acceptors (Lipinski definition) is 4. The fraction of sp³-hybridized carbons (Fsp3) is 0.333. The molecule has 140 valence electrons. The Hall–Kier alpha value is -2.44. The normalized spacial score (nSPS) is 15.8. The molecule has 0 aliphatic carbocycles. The first-order chi connectivity index (χ1) is 13.1. The monoisotopic (exact) mass is 382 g/mol. The zero-order valence-corrected chi connectivity index (χ0v) is 16.4. The van der Waals surface area contributed by atoms with E-state index in [1.807, 2.05) is 18.5 Å². The summed E-state index contributed by atoms with van der Waals surface area (Å²) in [5.41, 5.74) is 3.66. The van der Waals surface area contributed by atoms with E-state index in [-0.39, 0.29) is 11.9 Å². The Morgan fingerprint density at radius 1 is 1.26 bits per heavy atom.